The zero-order valence-corrected chi connectivity index (χ0v) is 17.4. The summed E-state index contributed by atoms with van der Waals surface area (Å²) in [4.78, 5) is 25.0. The largest absolute Gasteiger partial charge is 0.494 e. The third-order valence-corrected chi connectivity index (χ3v) is 4.99. The average molecular weight is 421 g/mol. The first-order chi connectivity index (χ1) is 15.1. The molecule has 0 bridgehead atoms. The molecule has 4 rings (SSSR count). The van der Waals surface area contributed by atoms with Gasteiger partial charge in [-0.25, -0.2) is 5.43 Å². The molecule has 1 aliphatic rings. The molecule has 1 aromatic carbocycles. The van der Waals surface area contributed by atoms with Gasteiger partial charge in [-0.05, 0) is 63.1 Å². The molecule has 31 heavy (non-hydrogen) atoms. The van der Waals surface area contributed by atoms with Crippen LogP contribution in [0.1, 0.15) is 57.8 Å². The zero-order valence-electron chi connectivity index (χ0n) is 17.4. The van der Waals surface area contributed by atoms with E-state index in [4.69, 9.17) is 13.6 Å². The molecular formula is C23H23N3O5. The zero-order chi connectivity index (χ0) is 21.8. The Kier molecular flexibility index (Phi) is 5.88. The SMILES string of the molecule is CCOc1ccc(NC(=O)c2oc3c(c2C)/C(=N/NC(=O)c2ccco2)CCC3)cc1. The molecule has 0 fully saturated rings. The van der Waals surface area contributed by atoms with Gasteiger partial charge < -0.3 is 18.9 Å². The maximum absolute atomic E-state index is 12.8. The van der Waals surface area contributed by atoms with Gasteiger partial charge in [-0.15, -0.1) is 0 Å². The van der Waals surface area contributed by atoms with Crippen LogP contribution in [0.2, 0.25) is 0 Å². The van der Waals surface area contributed by atoms with Crippen LogP contribution in [0.3, 0.4) is 0 Å². The van der Waals surface area contributed by atoms with Crippen molar-refractivity contribution in [3.8, 4) is 5.75 Å². The smallest absolute Gasteiger partial charge is 0.307 e. The summed E-state index contributed by atoms with van der Waals surface area (Å²) < 4.78 is 16.4. The number of aryl methyl sites for hydroxylation is 1. The number of anilines is 1. The highest BCUT2D eigenvalue weighted by Crippen LogP contribution is 2.30. The number of nitrogens with zero attached hydrogens (tertiary/aromatic N) is 1. The monoisotopic (exact) mass is 421 g/mol. The number of ether oxygens (including phenoxy) is 1. The van der Waals surface area contributed by atoms with Gasteiger partial charge in [0.05, 0.1) is 18.6 Å². The Hall–Kier alpha value is -3.81. The van der Waals surface area contributed by atoms with Crippen LogP contribution in [0.15, 0.2) is 56.6 Å². The van der Waals surface area contributed by atoms with Crippen LogP contribution in [0.5, 0.6) is 5.75 Å². The lowest BCUT2D eigenvalue weighted by Gasteiger charge is -2.13. The van der Waals surface area contributed by atoms with E-state index in [0.717, 1.165) is 17.7 Å². The molecular weight excluding hydrogens is 398 g/mol. The first-order valence-electron chi connectivity index (χ1n) is 10.1. The molecule has 0 saturated heterocycles. The second-order valence-corrected chi connectivity index (χ2v) is 7.10. The van der Waals surface area contributed by atoms with Crippen LogP contribution in [0, 0.1) is 6.92 Å². The van der Waals surface area contributed by atoms with Crippen molar-refractivity contribution in [2.75, 3.05) is 11.9 Å². The Bertz CT molecular complexity index is 1110. The van der Waals surface area contributed by atoms with Crippen molar-refractivity contribution in [1.29, 1.82) is 0 Å². The van der Waals surface area contributed by atoms with Crippen molar-refractivity contribution < 1.29 is 23.2 Å². The number of hydrazone groups is 1. The molecule has 0 atom stereocenters. The number of rotatable bonds is 6. The van der Waals surface area contributed by atoms with Gasteiger partial charge >= 0.3 is 5.91 Å². The molecule has 2 amide bonds. The molecule has 3 aromatic rings. The minimum absolute atomic E-state index is 0.180. The van der Waals surface area contributed by atoms with Gasteiger partial charge in [-0.1, -0.05) is 0 Å². The Balaban J connectivity index is 1.52. The van der Waals surface area contributed by atoms with Crippen molar-refractivity contribution in [1.82, 2.24) is 5.43 Å². The van der Waals surface area contributed by atoms with Gasteiger partial charge in [0.25, 0.3) is 5.91 Å². The highest BCUT2D eigenvalue weighted by atomic mass is 16.5. The van der Waals surface area contributed by atoms with Gasteiger partial charge in [0, 0.05) is 23.2 Å². The fourth-order valence-corrected chi connectivity index (χ4v) is 3.57. The fourth-order valence-electron chi connectivity index (χ4n) is 3.57. The molecule has 0 aliphatic heterocycles. The molecule has 0 saturated carbocycles. The maximum Gasteiger partial charge on any atom is 0.307 e. The van der Waals surface area contributed by atoms with Crippen molar-refractivity contribution in [3.63, 3.8) is 0 Å². The van der Waals surface area contributed by atoms with E-state index in [9.17, 15) is 9.59 Å². The maximum atomic E-state index is 12.8. The van der Waals surface area contributed by atoms with E-state index in [1.54, 1.807) is 36.4 Å². The Morgan fingerprint density at radius 1 is 1.13 bits per heavy atom. The van der Waals surface area contributed by atoms with E-state index >= 15 is 0 Å². The van der Waals surface area contributed by atoms with Gasteiger partial charge in [0.1, 0.15) is 11.5 Å². The summed E-state index contributed by atoms with van der Waals surface area (Å²) in [6.45, 7) is 4.32. The van der Waals surface area contributed by atoms with Crippen molar-refractivity contribution in [3.05, 3.63) is 71.1 Å². The summed E-state index contributed by atoms with van der Waals surface area (Å²) in [5, 5.41) is 7.13. The molecule has 0 spiro atoms. The van der Waals surface area contributed by atoms with Gasteiger partial charge in [0.15, 0.2) is 11.5 Å². The number of nitrogens with one attached hydrogen (secondary N) is 2. The number of benzene rings is 1. The summed E-state index contributed by atoms with van der Waals surface area (Å²) in [5.74, 6) is 1.09. The average Bonchev–Trinajstić information content (AvgIpc) is 3.42. The normalized spacial score (nSPS) is 14.2. The predicted molar refractivity (Wildman–Crippen MR) is 115 cm³/mol. The number of hydrogen-bond acceptors (Lipinski definition) is 6. The van der Waals surface area contributed by atoms with E-state index < -0.39 is 5.91 Å². The molecule has 0 unspecified atom stereocenters. The Labute approximate surface area is 179 Å². The number of hydrogen-bond donors (Lipinski definition) is 2. The van der Waals surface area contributed by atoms with E-state index in [2.05, 4.69) is 15.8 Å². The first-order valence-corrected chi connectivity index (χ1v) is 10.1. The molecule has 8 nitrogen and oxygen atoms in total. The van der Waals surface area contributed by atoms with Crippen molar-refractivity contribution in [2.24, 2.45) is 5.10 Å². The topological polar surface area (TPSA) is 106 Å². The minimum Gasteiger partial charge on any atom is -0.494 e. The van der Waals surface area contributed by atoms with Gasteiger partial charge in [-0.2, -0.15) is 5.10 Å². The van der Waals surface area contributed by atoms with Crippen LogP contribution < -0.4 is 15.5 Å². The fraction of sp³-hybridized carbons (Fsp3) is 0.261. The van der Waals surface area contributed by atoms with E-state index in [1.807, 2.05) is 13.8 Å². The first kappa shape index (κ1) is 20.5. The minimum atomic E-state index is -0.431. The number of carbonyl (C=O) groups is 2. The summed E-state index contributed by atoms with van der Waals surface area (Å²) in [6.07, 6.45) is 3.62. The molecule has 0 radical (unpaired) electrons. The molecule has 2 heterocycles. The van der Waals surface area contributed by atoms with Crippen LogP contribution >= 0.6 is 0 Å². The second-order valence-electron chi connectivity index (χ2n) is 7.10. The van der Waals surface area contributed by atoms with Crippen molar-refractivity contribution in [2.45, 2.75) is 33.1 Å². The Morgan fingerprint density at radius 2 is 1.94 bits per heavy atom. The van der Waals surface area contributed by atoms with Crippen LogP contribution in [0.25, 0.3) is 0 Å². The van der Waals surface area contributed by atoms with E-state index in [0.29, 0.717) is 42.2 Å². The van der Waals surface area contributed by atoms with Crippen LogP contribution in [0.4, 0.5) is 5.69 Å². The highest BCUT2D eigenvalue weighted by molar-refractivity contribution is 6.09. The molecule has 1 aliphatic carbocycles. The summed E-state index contributed by atoms with van der Waals surface area (Å²) in [7, 11) is 0. The Morgan fingerprint density at radius 3 is 2.65 bits per heavy atom. The second kappa shape index (κ2) is 8.91. The molecule has 2 N–H and O–H groups in total. The number of carbonyl (C=O) groups excluding carboxylic acids is 2. The number of fused-ring (bicyclic) bond motifs is 1. The van der Waals surface area contributed by atoms with Gasteiger partial charge in [-0.3, -0.25) is 9.59 Å². The third kappa shape index (κ3) is 4.37. The van der Waals surface area contributed by atoms with E-state index in [1.165, 1.54) is 6.26 Å². The lowest BCUT2D eigenvalue weighted by molar-refractivity contribution is 0.0926. The standard InChI is InChI=1S/C23H23N3O5/c1-3-29-16-11-9-15(10-12-16)24-23(28)21-14(2)20-17(6-4-7-18(20)31-21)25-26-22(27)19-8-5-13-30-19/h5,8-13H,3-4,6-7H2,1-2H3,(H,24,28)(H,26,27)/b25-17+. The third-order valence-electron chi connectivity index (χ3n) is 4.99. The van der Waals surface area contributed by atoms with Gasteiger partial charge in [0.2, 0.25) is 0 Å². The number of furan rings is 2. The van der Waals surface area contributed by atoms with Crippen LogP contribution in [-0.2, 0) is 6.42 Å². The molecule has 160 valence electrons. The number of amides is 2. The summed E-state index contributed by atoms with van der Waals surface area (Å²) in [5.41, 5.74) is 5.32. The molecule has 8 heteroatoms. The van der Waals surface area contributed by atoms with Crippen LogP contribution in [-0.4, -0.2) is 24.1 Å². The summed E-state index contributed by atoms with van der Waals surface area (Å²) >= 11 is 0. The molecule has 2 aromatic heterocycles. The lowest BCUT2D eigenvalue weighted by Crippen LogP contribution is -2.21. The predicted octanol–water partition coefficient (Wildman–Crippen LogP) is 4.30. The quantitative estimate of drug-likeness (QED) is 0.577. The van der Waals surface area contributed by atoms with E-state index in [-0.39, 0.29) is 17.4 Å². The lowest BCUT2D eigenvalue weighted by atomic mass is 9.93. The van der Waals surface area contributed by atoms with Crippen molar-refractivity contribution >= 4 is 23.2 Å². The summed E-state index contributed by atoms with van der Waals surface area (Å²) in [6, 6.07) is 10.3. The highest BCUT2D eigenvalue weighted by Gasteiger charge is 2.28.